The van der Waals surface area contributed by atoms with Crippen LogP contribution < -0.4 is 10.6 Å². The number of carbonyl (C=O) groups excluding carboxylic acids is 2. The lowest BCUT2D eigenvalue weighted by Crippen LogP contribution is -2.38. The van der Waals surface area contributed by atoms with E-state index in [-0.39, 0.29) is 30.4 Å². The van der Waals surface area contributed by atoms with Crippen molar-refractivity contribution >= 4 is 29.7 Å². The number of hydrogen-bond donors (Lipinski definition) is 3. The Morgan fingerprint density at radius 1 is 1.24 bits per heavy atom. The van der Waals surface area contributed by atoms with E-state index in [0.29, 0.717) is 24.6 Å². The molecule has 0 aliphatic carbocycles. The minimum atomic E-state index is -0.764. The fourth-order valence-corrected chi connectivity index (χ4v) is 5.14. The van der Waals surface area contributed by atoms with E-state index >= 15 is 0 Å². The molecular formula is C17H29N3O4S. The van der Waals surface area contributed by atoms with E-state index in [4.69, 9.17) is 5.11 Å². The average Bonchev–Trinajstić information content (AvgIpc) is 3.08. The van der Waals surface area contributed by atoms with Crippen LogP contribution in [0.1, 0.15) is 51.4 Å². The van der Waals surface area contributed by atoms with E-state index in [2.05, 4.69) is 10.6 Å². The second-order valence-corrected chi connectivity index (χ2v) is 8.10. The largest absolute Gasteiger partial charge is 0.481 e. The number of rotatable bonds is 11. The maximum absolute atomic E-state index is 11.8. The third kappa shape index (κ3) is 6.09. The second kappa shape index (κ2) is 9.89. The summed E-state index contributed by atoms with van der Waals surface area (Å²) in [7, 11) is 1.86. The number of likely N-dealkylation sites (N-methyl/N-ethyl adjacent to an activating group) is 1. The molecule has 7 nitrogen and oxygen atoms in total. The van der Waals surface area contributed by atoms with Gasteiger partial charge in [-0.05, 0) is 25.7 Å². The van der Waals surface area contributed by atoms with Crippen molar-refractivity contribution in [2.24, 2.45) is 0 Å². The number of amides is 3. The number of urea groups is 1. The first-order valence-electron chi connectivity index (χ1n) is 9.12. The number of carbonyl (C=O) groups is 3. The highest BCUT2D eigenvalue weighted by Gasteiger charge is 2.46. The lowest BCUT2D eigenvalue weighted by atomic mass is 10.0. The van der Waals surface area contributed by atoms with Crippen LogP contribution in [0, 0.1) is 0 Å². The van der Waals surface area contributed by atoms with E-state index < -0.39 is 5.97 Å². The summed E-state index contributed by atoms with van der Waals surface area (Å²) in [4.78, 5) is 35.7. The van der Waals surface area contributed by atoms with Crippen LogP contribution in [0.25, 0.3) is 0 Å². The molecule has 8 heteroatoms. The van der Waals surface area contributed by atoms with Gasteiger partial charge in [-0.15, -0.1) is 0 Å². The Morgan fingerprint density at radius 2 is 2.00 bits per heavy atom. The van der Waals surface area contributed by atoms with Crippen LogP contribution in [0.15, 0.2) is 0 Å². The number of fused-ring (bicyclic) bond motifs is 1. The molecule has 2 saturated heterocycles. The molecule has 2 aliphatic heterocycles. The Labute approximate surface area is 153 Å². The van der Waals surface area contributed by atoms with Crippen molar-refractivity contribution in [2.75, 3.05) is 19.3 Å². The predicted octanol–water partition coefficient (Wildman–Crippen LogP) is 1.82. The molecule has 0 aromatic carbocycles. The zero-order valence-corrected chi connectivity index (χ0v) is 15.6. The monoisotopic (exact) mass is 371 g/mol. The van der Waals surface area contributed by atoms with Gasteiger partial charge in [-0.3, -0.25) is 9.59 Å². The fourth-order valence-electron chi connectivity index (χ4n) is 3.51. The quantitative estimate of drug-likeness (QED) is 0.380. The molecule has 2 fully saturated rings. The Morgan fingerprint density at radius 3 is 2.76 bits per heavy atom. The highest BCUT2D eigenvalue weighted by Crippen LogP contribution is 2.36. The highest BCUT2D eigenvalue weighted by molar-refractivity contribution is 8.00. The molecule has 25 heavy (non-hydrogen) atoms. The molecule has 1 unspecified atom stereocenters. The van der Waals surface area contributed by atoms with Gasteiger partial charge in [0.2, 0.25) is 5.91 Å². The minimum Gasteiger partial charge on any atom is -0.481 e. The molecule has 3 amide bonds. The van der Waals surface area contributed by atoms with Crippen molar-refractivity contribution in [1.29, 1.82) is 0 Å². The van der Waals surface area contributed by atoms with Gasteiger partial charge in [0.25, 0.3) is 0 Å². The van der Waals surface area contributed by atoms with Gasteiger partial charge in [-0.2, -0.15) is 11.8 Å². The van der Waals surface area contributed by atoms with Gasteiger partial charge >= 0.3 is 12.0 Å². The maximum atomic E-state index is 11.8. The molecule has 0 aromatic heterocycles. The van der Waals surface area contributed by atoms with Crippen LogP contribution in [0.2, 0.25) is 0 Å². The summed E-state index contributed by atoms with van der Waals surface area (Å²) >= 11 is 1.92. The highest BCUT2D eigenvalue weighted by atomic mass is 32.2. The van der Waals surface area contributed by atoms with Gasteiger partial charge in [0.05, 0.1) is 12.1 Å². The summed E-state index contributed by atoms with van der Waals surface area (Å²) in [5.74, 6) is 0.290. The second-order valence-electron chi connectivity index (χ2n) is 6.83. The molecule has 0 bridgehead atoms. The average molecular weight is 372 g/mol. The number of unbranched alkanes of at least 4 members (excludes halogenated alkanes) is 3. The van der Waals surface area contributed by atoms with E-state index in [9.17, 15) is 14.4 Å². The molecule has 0 spiro atoms. The predicted molar refractivity (Wildman–Crippen MR) is 97.7 cm³/mol. The Hall–Kier alpha value is -1.44. The number of nitrogens with one attached hydrogen (secondary N) is 2. The van der Waals surface area contributed by atoms with Crippen molar-refractivity contribution in [3.05, 3.63) is 0 Å². The number of aliphatic carboxylic acids is 1. The summed E-state index contributed by atoms with van der Waals surface area (Å²) in [5, 5.41) is 14.9. The zero-order valence-electron chi connectivity index (χ0n) is 14.8. The van der Waals surface area contributed by atoms with E-state index in [0.717, 1.165) is 37.9 Å². The van der Waals surface area contributed by atoms with E-state index in [1.165, 1.54) is 0 Å². The molecule has 3 atom stereocenters. The third-order valence-corrected chi connectivity index (χ3v) is 6.39. The third-order valence-electron chi connectivity index (χ3n) is 4.89. The van der Waals surface area contributed by atoms with Gasteiger partial charge in [0, 0.05) is 37.4 Å². The Balaban J connectivity index is 1.49. The lowest BCUT2D eigenvalue weighted by molar-refractivity contribution is -0.137. The molecule has 3 N–H and O–H groups in total. The van der Waals surface area contributed by atoms with E-state index in [1.54, 1.807) is 0 Å². The topological polar surface area (TPSA) is 98.7 Å². The van der Waals surface area contributed by atoms with Crippen molar-refractivity contribution in [2.45, 2.75) is 68.7 Å². The standard InChI is InChI=1S/C17H29N3O4S/c1-20-16-12(19-17(20)24)11-25-13(16)7-4-5-8-14(21)18-10-6-2-3-9-15(22)23/h12-13,16H,2-11H2,1H3,(H,18,21)(H,19,24)(H,22,23)/t12-,13-,16?/m0/s1. The number of carboxylic acid groups (broad SMARTS) is 1. The smallest absolute Gasteiger partial charge is 0.317 e. The normalized spacial score (nSPS) is 24.9. The van der Waals surface area contributed by atoms with E-state index in [1.807, 2.05) is 23.7 Å². The molecule has 0 radical (unpaired) electrons. The fraction of sp³-hybridized carbons (Fsp3) is 0.824. The summed E-state index contributed by atoms with van der Waals surface area (Å²) < 4.78 is 0. The number of nitrogens with zero attached hydrogens (tertiary/aromatic N) is 1. The molecule has 2 rings (SSSR count). The number of carboxylic acids is 1. The Bertz CT molecular complexity index is 489. The minimum absolute atomic E-state index is 0.0306. The molecular weight excluding hydrogens is 342 g/mol. The van der Waals surface area contributed by atoms with Gasteiger partial charge in [-0.25, -0.2) is 4.79 Å². The molecule has 0 saturated carbocycles. The molecule has 0 aromatic rings. The Kier molecular flexibility index (Phi) is 7.87. The van der Waals surface area contributed by atoms with Crippen molar-refractivity contribution in [3.8, 4) is 0 Å². The van der Waals surface area contributed by atoms with Crippen LogP contribution in [-0.2, 0) is 9.59 Å². The first kappa shape index (κ1) is 19.9. The van der Waals surface area contributed by atoms with Crippen LogP contribution in [-0.4, -0.2) is 64.6 Å². The van der Waals surface area contributed by atoms with Crippen molar-refractivity contribution in [3.63, 3.8) is 0 Å². The zero-order chi connectivity index (χ0) is 18.2. The van der Waals surface area contributed by atoms with Gasteiger partial charge in [0.15, 0.2) is 0 Å². The van der Waals surface area contributed by atoms with Crippen LogP contribution in [0.4, 0.5) is 4.79 Å². The van der Waals surface area contributed by atoms with Crippen LogP contribution in [0.5, 0.6) is 0 Å². The summed E-state index contributed by atoms with van der Waals surface area (Å²) in [5.41, 5.74) is 0. The number of hydrogen-bond acceptors (Lipinski definition) is 4. The maximum Gasteiger partial charge on any atom is 0.317 e. The van der Waals surface area contributed by atoms with Gasteiger partial charge in [0.1, 0.15) is 0 Å². The first-order valence-corrected chi connectivity index (χ1v) is 10.2. The summed E-state index contributed by atoms with van der Waals surface area (Å²) in [6.45, 7) is 0.624. The summed E-state index contributed by atoms with van der Waals surface area (Å²) in [6, 6.07) is 0.595. The van der Waals surface area contributed by atoms with Gasteiger partial charge < -0.3 is 20.6 Å². The van der Waals surface area contributed by atoms with Crippen molar-refractivity contribution in [1.82, 2.24) is 15.5 Å². The summed E-state index contributed by atoms with van der Waals surface area (Å²) in [6.07, 6.45) is 5.95. The lowest BCUT2D eigenvalue weighted by Gasteiger charge is -2.23. The first-order chi connectivity index (χ1) is 12.0. The molecule has 142 valence electrons. The van der Waals surface area contributed by atoms with Crippen LogP contribution in [0.3, 0.4) is 0 Å². The number of thioether (sulfide) groups is 1. The molecule has 2 heterocycles. The van der Waals surface area contributed by atoms with Crippen LogP contribution >= 0.6 is 11.8 Å². The van der Waals surface area contributed by atoms with Gasteiger partial charge in [-0.1, -0.05) is 12.8 Å². The van der Waals surface area contributed by atoms with Crippen molar-refractivity contribution < 1.29 is 19.5 Å². The molecule has 2 aliphatic rings. The SMILES string of the molecule is CN1C(=O)N[C@H]2CS[C@@H](CCCCC(=O)NCCCCCC(=O)O)C21.